The van der Waals surface area contributed by atoms with Crippen molar-refractivity contribution in [2.24, 2.45) is 11.8 Å². The summed E-state index contributed by atoms with van der Waals surface area (Å²) in [5.41, 5.74) is 2.72. The van der Waals surface area contributed by atoms with Crippen molar-refractivity contribution in [3.05, 3.63) is 71.8 Å². The van der Waals surface area contributed by atoms with Gasteiger partial charge in [0.2, 0.25) is 0 Å². The Balaban J connectivity index is 1.43. The molecule has 1 aliphatic rings. The number of hydrogen-bond acceptors (Lipinski definition) is 2. The quantitative estimate of drug-likeness (QED) is 0.841. The third-order valence-electron chi connectivity index (χ3n) is 4.63. The minimum Gasteiger partial charge on any atom is -0.377 e. The Morgan fingerprint density at radius 2 is 1.64 bits per heavy atom. The predicted molar refractivity (Wildman–Crippen MR) is 90.7 cm³/mol. The lowest BCUT2D eigenvalue weighted by molar-refractivity contribution is -0.133. The van der Waals surface area contributed by atoms with E-state index in [1.165, 1.54) is 11.1 Å². The van der Waals surface area contributed by atoms with E-state index in [4.69, 9.17) is 4.74 Å². The van der Waals surface area contributed by atoms with Gasteiger partial charge in [-0.3, -0.25) is 0 Å². The topological polar surface area (TPSA) is 21.3 Å². The van der Waals surface area contributed by atoms with Crippen LogP contribution in [-0.2, 0) is 17.7 Å². The molecule has 1 heterocycles. The molecule has 22 heavy (non-hydrogen) atoms. The summed E-state index contributed by atoms with van der Waals surface area (Å²) in [6.45, 7) is 5.24. The molecule has 2 aromatic carbocycles. The predicted octanol–water partition coefficient (Wildman–Crippen LogP) is 3.67. The van der Waals surface area contributed by atoms with E-state index < -0.39 is 0 Å². The molecule has 3 unspecified atom stereocenters. The van der Waals surface area contributed by atoms with Crippen molar-refractivity contribution < 1.29 is 4.74 Å². The first-order chi connectivity index (χ1) is 10.8. The first kappa shape index (κ1) is 15.3. The van der Waals surface area contributed by atoms with Crippen LogP contribution < -0.4 is 5.32 Å². The Labute approximate surface area is 133 Å². The highest BCUT2D eigenvalue weighted by atomic mass is 16.5. The Morgan fingerprint density at radius 3 is 2.23 bits per heavy atom. The average Bonchev–Trinajstić information content (AvgIpc) is 2.53. The van der Waals surface area contributed by atoms with Gasteiger partial charge in [-0.15, -0.1) is 0 Å². The molecular weight excluding hydrogens is 270 g/mol. The minimum atomic E-state index is 0.385. The largest absolute Gasteiger partial charge is 0.377 e. The summed E-state index contributed by atoms with van der Waals surface area (Å²) in [7, 11) is 0. The molecule has 1 saturated heterocycles. The van der Waals surface area contributed by atoms with Crippen molar-refractivity contribution >= 4 is 0 Å². The molecule has 0 saturated carbocycles. The SMILES string of the molecule is CC(CNCc1ccccc1)C1COC1Cc1ccccc1. The van der Waals surface area contributed by atoms with E-state index in [1.54, 1.807) is 0 Å². The van der Waals surface area contributed by atoms with Gasteiger partial charge in [0.15, 0.2) is 0 Å². The highest BCUT2D eigenvalue weighted by Crippen LogP contribution is 2.30. The highest BCUT2D eigenvalue weighted by Gasteiger charge is 2.35. The molecule has 1 aliphatic heterocycles. The van der Waals surface area contributed by atoms with E-state index in [1.807, 2.05) is 0 Å². The maximum atomic E-state index is 5.81. The van der Waals surface area contributed by atoms with Crippen LogP contribution in [0.5, 0.6) is 0 Å². The van der Waals surface area contributed by atoms with E-state index in [-0.39, 0.29) is 0 Å². The summed E-state index contributed by atoms with van der Waals surface area (Å²) < 4.78 is 5.81. The lowest BCUT2D eigenvalue weighted by Crippen LogP contribution is -2.47. The van der Waals surface area contributed by atoms with Crippen LogP contribution in [0.15, 0.2) is 60.7 Å². The van der Waals surface area contributed by atoms with Gasteiger partial charge in [0.05, 0.1) is 12.7 Å². The van der Waals surface area contributed by atoms with Gasteiger partial charge in [-0.1, -0.05) is 67.6 Å². The lowest BCUT2D eigenvalue weighted by atomic mass is 9.82. The molecule has 0 radical (unpaired) electrons. The van der Waals surface area contributed by atoms with Crippen molar-refractivity contribution in [3.8, 4) is 0 Å². The number of hydrogen-bond donors (Lipinski definition) is 1. The summed E-state index contributed by atoms with van der Waals surface area (Å²) >= 11 is 0. The number of nitrogens with one attached hydrogen (secondary N) is 1. The second-order valence-corrected chi connectivity index (χ2v) is 6.32. The third-order valence-corrected chi connectivity index (χ3v) is 4.63. The molecule has 0 aliphatic carbocycles. The fourth-order valence-corrected chi connectivity index (χ4v) is 3.12. The van der Waals surface area contributed by atoms with Crippen LogP contribution in [0.3, 0.4) is 0 Å². The van der Waals surface area contributed by atoms with Gasteiger partial charge < -0.3 is 10.1 Å². The highest BCUT2D eigenvalue weighted by molar-refractivity contribution is 5.16. The summed E-state index contributed by atoms with van der Waals surface area (Å²) in [6.07, 6.45) is 1.42. The van der Waals surface area contributed by atoms with E-state index in [0.717, 1.165) is 26.1 Å². The first-order valence-corrected chi connectivity index (χ1v) is 8.23. The summed E-state index contributed by atoms with van der Waals surface area (Å²) in [4.78, 5) is 0. The zero-order valence-electron chi connectivity index (χ0n) is 13.2. The standard InChI is InChI=1S/C20H25NO/c1-16(13-21-14-18-10-6-3-7-11-18)19-15-22-20(19)12-17-8-4-2-5-9-17/h2-11,16,19-21H,12-15H2,1H3. The molecule has 3 atom stereocenters. The van der Waals surface area contributed by atoms with Gasteiger partial charge in [0.1, 0.15) is 0 Å². The molecule has 3 rings (SSSR count). The maximum absolute atomic E-state index is 5.81. The normalized spacial score (nSPS) is 22.0. The Kier molecular flexibility index (Phi) is 5.25. The van der Waals surface area contributed by atoms with Crippen molar-refractivity contribution in [1.82, 2.24) is 5.32 Å². The van der Waals surface area contributed by atoms with Crippen LogP contribution in [-0.4, -0.2) is 19.3 Å². The van der Waals surface area contributed by atoms with E-state index in [2.05, 4.69) is 72.9 Å². The molecule has 1 fully saturated rings. The smallest absolute Gasteiger partial charge is 0.0668 e. The van der Waals surface area contributed by atoms with Crippen molar-refractivity contribution in [1.29, 1.82) is 0 Å². The van der Waals surface area contributed by atoms with Gasteiger partial charge in [-0.2, -0.15) is 0 Å². The van der Waals surface area contributed by atoms with E-state index >= 15 is 0 Å². The number of rotatable bonds is 7. The molecular formula is C20H25NO. The zero-order chi connectivity index (χ0) is 15.2. The minimum absolute atomic E-state index is 0.385. The monoisotopic (exact) mass is 295 g/mol. The second kappa shape index (κ2) is 7.57. The van der Waals surface area contributed by atoms with Crippen molar-refractivity contribution in [2.75, 3.05) is 13.2 Å². The lowest BCUT2D eigenvalue weighted by Gasteiger charge is -2.41. The molecule has 1 N–H and O–H groups in total. The Hall–Kier alpha value is -1.64. The summed E-state index contributed by atoms with van der Waals surface area (Å²) in [5, 5.41) is 3.58. The average molecular weight is 295 g/mol. The van der Waals surface area contributed by atoms with Crippen LogP contribution >= 0.6 is 0 Å². The van der Waals surface area contributed by atoms with Crippen LogP contribution in [0, 0.1) is 11.8 Å². The Bertz CT molecular complexity index is 554. The van der Waals surface area contributed by atoms with Gasteiger partial charge >= 0.3 is 0 Å². The summed E-state index contributed by atoms with van der Waals surface area (Å²) in [6, 6.07) is 21.2. The fraction of sp³-hybridized carbons (Fsp3) is 0.400. The zero-order valence-corrected chi connectivity index (χ0v) is 13.2. The van der Waals surface area contributed by atoms with Crippen molar-refractivity contribution in [3.63, 3.8) is 0 Å². The van der Waals surface area contributed by atoms with Gasteiger partial charge in [-0.25, -0.2) is 0 Å². The van der Waals surface area contributed by atoms with Crippen LogP contribution in [0.4, 0.5) is 0 Å². The second-order valence-electron chi connectivity index (χ2n) is 6.32. The molecule has 2 heteroatoms. The number of ether oxygens (including phenoxy) is 1. The van der Waals surface area contributed by atoms with Gasteiger partial charge in [-0.05, 0) is 30.0 Å². The first-order valence-electron chi connectivity index (χ1n) is 8.23. The molecule has 0 aromatic heterocycles. The van der Waals surface area contributed by atoms with Crippen LogP contribution in [0.1, 0.15) is 18.1 Å². The summed E-state index contributed by atoms with van der Waals surface area (Å²) in [5.74, 6) is 1.31. The molecule has 2 aromatic rings. The third kappa shape index (κ3) is 3.96. The van der Waals surface area contributed by atoms with Crippen LogP contribution in [0.25, 0.3) is 0 Å². The maximum Gasteiger partial charge on any atom is 0.0668 e. The van der Waals surface area contributed by atoms with Gasteiger partial charge in [0.25, 0.3) is 0 Å². The van der Waals surface area contributed by atoms with Crippen molar-refractivity contribution in [2.45, 2.75) is 26.0 Å². The van der Waals surface area contributed by atoms with Crippen LogP contribution in [0.2, 0.25) is 0 Å². The molecule has 116 valence electrons. The molecule has 0 amide bonds. The van der Waals surface area contributed by atoms with Gasteiger partial charge in [0, 0.05) is 12.5 Å². The van der Waals surface area contributed by atoms with E-state index in [0.29, 0.717) is 17.9 Å². The van der Waals surface area contributed by atoms with E-state index in [9.17, 15) is 0 Å². The molecule has 2 nitrogen and oxygen atoms in total. The Morgan fingerprint density at radius 1 is 1.00 bits per heavy atom. The number of benzene rings is 2. The molecule has 0 spiro atoms. The molecule has 0 bridgehead atoms. The fourth-order valence-electron chi connectivity index (χ4n) is 3.12.